The Morgan fingerprint density at radius 3 is 1.32 bits per heavy atom. The van der Waals surface area contributed by atoms with E-state index < -0.39 is 20.0 Å². The monoisotopic (exact) mass is 1560 g/mol. The number of carbonyl (C=O) groups excluding carboxylic acids is 1. The van der Waals surface area contributed by atoms with Crippen molar-refractivity contribution in [1.29, 1.82) is 0 Å². The maximum absolute atomic E-state index is 10.9. The van der Waals surface area contributed by atoms with E-state index in [0.717, 1.165) is 156 Å². The van der Waals surface area contributed by atoms with Crippen molar-refractivity contribution in [3.05, 3.63) is 42.5 Å². The number of nitrogens with two attached hydrogens (primary N) is 1. The van der Waals surface area contributed by atoms with Gasteiger partial charge in [0.25, 0.3) is 0 Å². The average molecular weight is 1560 g/mol. The molecule has 4 aliphatic heterocycles. The van der Waals surface area contributed by atoms with E-state index in [2.05, 4.69) is 83.2 Å². The van der Waals surface area contributed by atoms with E-state index in [4.69, 9.17) is 47.4 Å². The highest BCUT2D eigenvalue weighted by molar-refractivity contribution is 7.89. The molecule has 33 heteroatoms. The molecule has 6 heterocycles. The number of methoxy groups -OCH3 is 10. The van der Waals surface area contributed by atoms with Gasteiger partial charge < -0.3 is 86.9 Å². The van der Waals surface area contributed by atoms with Gasteiger partial charge in [0, 0.05) is 202 Å². The normalized spacial score (nSPS) is 14.0. The Hall–Kier alpha value is -3.21. The molecule has 2 aromatic heterocycles. The number of ether oxygens (including phenoxy) is 13. The van der Waals surface area contributed by atoms with Crippen LogP contribution in [0.1, 0.15) is 117 Å². The van der Waals surface area contributed by atoms with Crippen LogP contribution >= 0.6 is 0 Å². The molecule has 4 aliphatic rings. The number of alkyl halides is 1. The van der Waals surface area contributed by atoms with Gasteiger partial charge in [-0.1, -0.05) is 24.6 Å². The molecule has 0 saturated carbocycles. The van der Waals surface area contributed by atoms with E-state index in [1.165, 1.54) is 145 Å². The number of aryl methyl sites for hydroxylation is 1. The fourth-order valence-electron chi connectivity index (χ4n) is 8.56. The molecule has 0 spiro atoms. The minimum absolute atomic E-state index is 0.156. The highest BCUT2D eigenvalue weighted by atomic mass is 32.2. The summed E-state index contributed by atoms with van der Waals surface area (Å²) in [6.07, 6.45) is 24.7. The number of esters is 1. The number of pyridine rings is 1. The van der Waals surface area contributed by atoms with Crippen molar-refractivity contribution in [2.24, 2.45) is 5.73 Å². The van der Waals surface area contributed by atoms with Crippen LogP contribution in [0.2, 0.25) is 0 Å². The van der Waals surface area contributed by atoms with Crippen LogP contribution in [-0.4, -0.2) is 369 Å². The molecular weight excluding hydrogens is 1400 g/mol. The SMILES string of the molecule is CCCOC.CCOCCN1CCCC1.CCS(=O)(=O)NC.CN.CNS(C)(=O)=O.COCCCN(C)CCOC.COCCCN1CCCC1.COCCCN1CCCCC1.COCCCN1CCOCC1.COCCCn1ccnn1.COCCF.COCCOC(C)=O.COCc1cccnc1. The number of nitrogens with zero attached hydrogens (tertiary/aromatic N) is 9. The van der Waals surface area contributed by atoms with Gasteiger partial charge in [0.15, 0.2) is 0 Å². The molecule has 0 atom stereocenters. The summed E-state index contributed by atoms with van der Waals surface area (Å²) in [5, 5.41) is 7.47. The van der Waals surface area contributed by atoms with E-state index in [0.29, 0.717) is 19.8 Å². The summed E-state index contributed by atoms with van der Waals surface area (Å²) in [4.78, 5) is 26.1. The van der Waals surface area contributed by atoms with Crippen molar-refractivity contribution in [1.82, 2.24) is 53.9 Å². The van der Waals surface area contributed by atoms with Crippen LogP contribution in [0.25, 0.3) is 0 Å². The number of likely N-dealkylation sites (tertiary alicyclic amines) is 3. The van der Waals surface area contributed by atoms with Crippen molar-refractivity contribution in [2.75, 3.05) is 302 Å². The van der Waals surface area contributed by atoms with E-state index in [-0.39, 0.29) is 25.0 Å². The number of nitrogens with one attached hydrogen (secondary N) is 2. The highest BCUT2D eigenvalue weighted by Crippen LogP contribution is 2.09. The van der Waals surface area contributed by atoms with Gasteiger partial charge in [0.2, 0.25) is 20.0 Å². The molecule has 4 saturated heterocycles. The maximum atomic E-state index is 10.9. The molecule has 0 aliphatic carbocycles. The molecule has 0 unspecified atom stereocenters. The van der Waals surface area contributed by atoms with Gasteiger partial charge in [-0.3, -0.25) is 19.4 Å². The first-order chi connectivity index (χ1) is 50.7. The molecule has 6 rings (SSSR count). The second kappa shape index (κ2) is 96.9. The van der Waals surface area contributed by atoms with E-state index in [1.54, 1.807) is 94.2 Å². The van der Waals surface area contributed by atoms with Crippen LogP contribution in [0, 0.1) is 0 Å². The summed E-state index contributed by atoms with van der Waals surface area (Å²) in [6.45, 7) is 35.7. The number of carbonyl (C=O) groups is 1. The molecule has 105 heavy (non-hydrogen) atoms. The number of rotatable bonds is 39. The maximum Gasteiger partial charge on any atom is 0.302 e. The third-order valence-corrected chi connectivity index (χ3v) is 16.4. The lowest BCUT2D eigenvalue weighted by Crippen LogP contribution is -2.37. The zero-order valence-corrected chi connectivity index (χ0v) is 71.1. The predicted molar refractivity (Wildman–Crippen MR) is 423 cm³/mol. The Morgan fingerprint density at radius 2 is 0.990 bits per heavy atom. The summed E-state index contributed by atoms with van der Waals surface area (Å²) in [5.41, 5.74) is 5.61. The number of sulfonamides is 2. The first-order valence-electron chi connectivity index (χ1n) is 37.1. The molecule has 2 aromatic rings. The lowest BCUT2D eigenvalue weighted by atomic mass is 10.1. The minimum Gasteiger partial charge on any atom is -0.463 e. The Kier molecular flexibility index (Phi) is 106. The smallest absolute Gasteiger partial charge is 0.302 e. The summed E-state index contributed by atoms with van der Waals surface area (Å²) in [7, 11) is 17.4. The molecule has 0 radical (unpaired) electrons. The summed E-state index contributed by atoms with van der Waals surface area (Å²) >= 11 is 0. The average Bonchev–Trinajstić information content (AvgIpc) is 1.71. The van der Waals surface area contributed by atoms with Crippen LogP contribution in [0.15, 0.2) is 36.9 Å². The van der Waals surface area contributed by atoms with Gasteiger partial charge in [-0.2, -0.15) is 0 Å². The van der Waals surface area contributed by atoms with E-state index >= 15 is 0 Å². The van der Waals surface area contributed by atoms with Crippen molar-refractivity contribution in [2.45, 2.75) is 124 Å². The zero-order valence-electron chi connectivity index (χ0n) is 69.4. The van der Waals surface area contributed by atoms with E-state index in [9.17, 15) is 26.0 Å². The number of hydrogen-bond acceptors (Lipinski definition) is 27. The van der Waals surface area contributed by atoms with Crippen molar-refractivity contribution < 1.29 is 87.6 Å². The van der Waals surface area contributed by atoms with Gasteiger partial charge in [-0.25, -0.2) is 30.7 Å². The lowest BCUT2D eigenvalue weighted by molar-refractivity contribution is -0.142. The quantitative estimate of drug-likeness (QED) is 0.0483. The molecule has 4 N–H and O–H groups in total. The predicted octanol–water partition coefficient (Wildman–Crippen LogP) is 6.38. The largest absolute Gasteiger partial charge is 0.463 e. The van der Waals surface area contributed by atoms with Crippen LogP contribution in [0.3, 0.4) is 0 Å². The summed E-state index contributed by atoms with van der Waals surface area (Å²) < 4.78 is 120. The zero-order chi connectivity index (χ0) is 80.4. The van der Waals surface area contributed by atoms with Gasteiger partial charge in [0.1, 0.15) is 13.3 Å². The third kappa shape index (κ3) is 105. The second-order valence-corrected chi connectivity index (χ2v) is 27.4. The van der Waals surface area contributed by atoms with Crippen LogP contribution in [0.5, 0.6) is 0 Å². The molecule has 4 fully saturated rings. The first kappa shape index (κ1) is 115. The fourth-order valence-corrected chi connectivity index (χ4v) is 8.85. The molecule has 0 aromatic carbocycles. The lowest BCUT2D eigenvalue weighted by Gasteiger charge is -2.26. The van der Waals surface area contributed by atoms with Crippen LogP contribution < -0.4 is 15.2 Å². The molecule has 632 valence electrons. The van der Waals surface area contributed by atoms with Gasteiger partial charge in [0.05, 0.1) is 64.5 Å². The Labute approximate surface area is 639 Å². The second-order valence-electron chi connectivity index (χ2n) is 23.2. The van der Waals surface area contributed by atoms with Gasteiger partial charge in [-0.15, -0.1) is 5.10 Å². The standard InChI is InChI=1S/C9H19NO.C8H17NO2.C8H19NO2.2C8H17NO.C7H9NO.C6H11N3O.C5H10O3.C4H10O.C3H7FO.C3H9NO2S.C2H7NO2S.CH5N/c1-11-9-5-8-10-6-3-2-4-7-10;1-10-6-2-3-9-4-7-11-8-5-9;1-9(6-8-11-3)5-4-7-10-2;1-10-8-4-7-9-5-2-3-6-9;1-2-10-8-7-9-5-3-4-6-9;1-9-6-7-3-2-4-8-5-7;1-10-6-2-4-9-5-3-7-8-9;1-5(6)8-4-3-7-2;1-3-4-5-2;1-5-3-2-4;1-3-7(5,6)4-2;1-3-6(2,4)5;1-2/h2-9H2,1H3;2-8H2,1H3;4-8H2,1-3H3;2*2-8H2,1H3;2-5H,6H2,1H3;3,5H,2,4,6H2,1H3;3-4H2,1-2H3;3-4H2,1-2H3;2-3H2,1H3;4H,3H2,1-2H3;3H,1-2H3;2H2,1H3. The first-order valence-corrected chi connectivity index (χ1v) is 40.7. The minimum atomic E-state index is -2.91. The fraction of sp³-hybridized carbons (Fsp3) is 0.889. The molecule has 0 bridgehead atoms. The number of halogens is 1. The van der Waals surface area contributed by atoms with Crippen molar-refractivity contribution in [3.63, 3.8) is 0 Å². The topological polar surface area (TPSA) is 315 Å². The number of piperidine rings is 1. The van der Waals surface area contributed by atoms with Gasteiger partial charge >= 0.3 is 5.97 Å². The number of likely N-dealkylation sites (N-methyl/N-ethyl adjacent to an activating group) is 1. The van der Waals surface area contributed by atoms with Crippen LogP contribution in [-0.2, 0) is 99.6 Å². The number of aromatic nitrogens is 4. The Bertz CT molecular complexity index is 2040. The van der Waals surface area contributed by atoms with E-state index in [1.807, 2.05) is 25.3 Å². The number of morpholine rings is 1. The molecular formula is C72H157FN12O18S2. The molecule has 0 amide bonds. The van der Waals surface area contributed by atoms with Crippen molar-refractivity contribution in [3.8, 4) is 0 Å². The third-order valence-electron chi connectivity index (χ3n) is 14.3. The summed E-state index contributed by atoms with van der Waals surface area (Å²) in [6, 6.07) is 3.88. The van der Waals surface area contributed by atoms with Gasteiger partial charge in [-0.05, 0) is 170 Å². The Morgan fingerprint density at radius 1 is 0.552 bits per heavy atom. The Balaban J connectivity index is -0.000000201. The highest BCUT2D eigenvalue weighted by Gasteiger charge is 2.12. The summed E-state index contributed by atoms with van der Waals surface area (Å²) in [5.74, 6) is -0.106. The number of hydrogen-bond donors (Lipinski definition) is 3. The molecule has 30 nitrogen and oxygen atoms in total. The van der Waals surface area contributed by atoms with Crippen LogP contribution in [0.4, 0.5) is 4.39 Å². The van der Waals surface area contributed by atoms with Crippen molar-refractivity contribution >= 4 is 26.0 Å².